The first-order valence-electron chi connectivity index (χ1n) is 8.04. The summed E-state index contributed by atoms with van der Waals surface area (Å²) in [7, 11) is 0. The summed E-state index contributed by atoms with van der Waals surface area (Å²) in [6, 6.07) is 9.95. The summed E-state index contributed by atoms with van der Waals surface area (Å²) >= 11 is 0. The Morgan fingerprint density at radius 1 is 1.08 bits per heavy atom. The van der Waals surface area contributed by atoms with Gasteiger partial charge in [-0.1, -0.05) is 6.92 Å². The number of halogens is 1. The molecule has 3 heterocycles. The summed E-state index contributed by atoms with van der Waals surface area (Å²) in [4.78, 5) is 4.29. The number of hydrogen-bond acceptors (Lipinski definition) is 5. The second-order valence-electron chi connectivity index (χ2n) is 5.63. The Bertz CT molecular complexity index is 1010. The van der Waals surface area contributed by atoms with Crippen LogP contribution in [-0.2, 0) is 0 Å². The lowest BCUT2D eigenvalue weighted by Crippen LogP contribution is -2.04. The van der Waals surface area contributed by atoms with Crippen molar-refractivity contribution in [3.8, 4) is 22.6 Å². The van der Waals surface area contributed by atoms with Crippen LogP contribution in [-0.4, -0.2) is 26.1 Å². The third kappa shape index (κ3) is 2.84. The van der Waals surface area contributed by atoms with Gasteiger partial charge < -0.3 is 9.73 Å². The zero-order valence-corrected chi connectivity index (χ0v) is 13.6. The molecule has 3 aromatic heterocycles. The van der Waals surface area contributed by atoms with Crippen molar-refractivity contribution in [2.75, 3.05) is 11.9 Å². The summed E-state index contributed by atoms with van der Waals surface area (Å²) in [6.45, 7) is 2.90. The maximum absolute atomic E-state index is 13.2. The molecule has 1 aromatic carbocycles. The molecule has 0 aliphatic heterocycles. The Hall–Kier alpha value is -3.22. The average Bonchev–Trinajstić information content (AvgIpc) is 3.27. The number of nitrogens with zero attached hydrogens (tertiary/aromatic N) is 4. The van der Waals surface area contributed by atoms with Gasteiger partial charge in [0.2, 0.25) is 5.95 Å². The molecule has 0 saturated carbocycles. The van der Waals surface area contributed by atoms with Crippen molar-refractivity contribution >= 4 is 11.6 Å². The Kier molecular flexibility index (Phi) is 3.89. The predicted molar refractivity (Wildman–Crippen MR) is 92.7 cm³/mol. The van der Waals surface area contributed by atoms with Gasteiger partial charge in [0.15, 0.2) is 17.8 Å². The van der Waals surface area contributed by atoms with Crippen molar-refractivity contribution < 1.29 is 8.81 Å². The van der Waals surface area contributed by atoms with Crippen LogP contribution in [0.4, 0.5) is 10.3 Å². The molecule has 0 radical (unpaired) electrons. The van der Waals surface area contributed by atoms with Crippen molar-refractivity contribution in [1.29, 1.82) is 0 Å². The Morgan fingerprint density at radius 2 is 1.88 bits per heavy atom. The summed E-state index contributed by atoms with van der Waals surface area (Å²) in [6.07, 6.45) is 4.28. The molecule has 0 spiro atoms. The van der Waals surface area contributed by atoms with Crippen LogP contribution in [0.5, 0.6) is 0 Å². The van der Waals surface area contributed by atoms with E-state index in [1.54, 1.807) is 12.1 Å². The van der Waals surface area contributed by atoms with Gasteiger partial charge in [-0.15, -0.1) is 10.2 Å². The molecule has 7 heteroatoms. The number of fused-ring (bicyclic) bond motifs is 1. The number of rotatable bonds is 5. The fourth-order valence-electron chi connectivity index (χ4n) is 2.65. The Labute approximate surface area is 143 Å². The van der Waals surface area contributed by atoms with Gasteiger partial charge in [-0.05, 0) is 42.8 Å². The maximum atomic E-state index is 13.2. The highest BCUT2D eigenvalue weighted by Gasteiger charge is 2.15. The summed E-state index contributed by atoms with van der Waals surface area (Å²) in [5, 5.41) is 11.6. The fraction of sp³-hybridized carbons (Fsp3) is 0.167. The minimum Gasteiger partial charge on any atom is -0.443 e. The van der Waals surface area contributed by atoms with E-state index in [4.69, 9.17) is 4.42 Å². The molecule has 0 atom stereocenters. The van der Waals surface area contributed by atoms with E-state index in [1.165, 1.54) is 18.5 Å². The van der Waals surface area contributed by atoms with E-state index in [-0.39, 0.29) is 5.82 Å². The third-order valence-electron chi connectivity index (χ3n) is 3.88. The molecule has 0 aliphatic rings. The maximum Gasteiger partial charge on any atom is 0.229 e. The second kappa shape index (κ2) is 6.35. The molecule has 4 rings (SSSR count). The number of anilines is 1. The van der Waals surface area contributed by atoms with Crippen LogP contribution in [0.2, 0.25) is 0 Å². The lowest BCUT2D eigenvalue weighted by Gasteiger charge is -2.05. The first kappa shape index (κ1) is 15.3. The average molecular weight is 337 g/mol. The summed E-state index contributed by atoms with van der Waals surface area (Å²) in [5.41, 5.74) is 3.03. The van der Waals surface area contributed by atoms with Crippen LogP contribution >= 0.6 is 0 Å². The molecule has 0 bridgehead atoms. The topological polar surface area (TPSA) is 68.2 Å². The van der Waals surface area contributed by atoms with Crippen LogP contribution in [0.3, 0.4) is 0 Å². The van der Waals surface area contributed by atoms with Gasteiger partial charge in [0.25, 0.3) is 0 Å². The zero-order valence-electron chi connectivity index (χ0n) is 13.6. The number of hydrogen-bond donors (Lipinski definition) is 1. The molecular formula is C18H16FN5O. The van der Waals surface area contributed by atoms with E-state index in [1.807, 2.05) is 22.7 Å². The van der Waals surface area contributed by atoms with Gasteiger partial charge in [-0.2, -0.15) is 0 Å². The summed E-state index contributed by atoms with van der Waals surface area (Å²) in [5.74, 6) is 1.01. The van der Waals surface area contributed by atoms with E-state index in [2.05, 4.69) is 27.4 Å². The third-order valence-corrected chi connectivity index (χ3v) is 3.88. The zero-order chi connectivity index (χ0) is 17.2. The number of aromatic nitrogens is 4. The van der Waals surface area contributed by atoms with Crippen molar-refractivity contribution in [3.05, 3.63) is 54.8 Å². The van der Waals surface area contributed by atoms with Gasteiger partial charge in [-0.3, -0.25) is 4.40 Å². The van der Waals surface area contributed by atoms with Crippen molar-refractivity contribution in [3.63, 3.8) is 0 Å². The van der Waals surface area contributed by atoms with Crippen LogP contribution in [0.25, 0.3) is 28.2 Å². The van der Waals surface area contributed by atoms with E-state index < -0.39 is 0 Å². The standard InChI is InChI=1S/C18H16FN5O/c1-2-9-20-18-23-22-15-8-5-13(10-24(15)18)17-16(21-11-25-17)12-3-6-14(19)7-4-12/h3-8,10-11H,2,9H2,1H3,(H,20,23). The molecule has 0 saturated heterocycles. The number of benzene rings is 1. The van der Waals surface area contributed by atoms with Crippen molar-refractivity contribution in [2.24, 2.45) is 0 Å². The van der Waals surface area contributed by atoms with E-state index in [9.17, 15) is 4.39 Å². The molecule has 6 nitrogen and oxygen atoms in total. The lowest BCUT2D eigenvalue weighted by atomic mass is 10.1. The number of nitrogens with one attached hydrogen (secondary N) is 1. The molecule has 126 valence electrons. The van der Waals surface area contributed by atoms with Crippen molar-refractivity contribution in [2.45, 2.75) is 13.3 Å². The minimum absolute atomic E-state index is 0.286. The highest BCUT2D eigenvalue weighted by Crippen LogP contribution is 2.31. The van der Waals surface area contributed by atoms with Crippen LogP contribution in [0.1, 0.15) is 13.3 Å². The highest BCUT2D eigenvalue weighted by molar-refractivity contribution is 5.76. The van der Waals surface area contributed by atoms with Crippen LogP contribution in [0, 0.1) is 5.82 Å². The van der Waals surface area contributed by atoms with Crippen LogP contribution in [0.15, 0.2) is 53.4 Å². The molecular weight excluding hydrogens is 321 g/mol. The molecule has 0 aliphatic carbocycles. The molecule has 25 heavy (non-hydrogen) atoms. The van der Waals surface area contributed by atoms with Gasteiger partial charge in [0.05, 0.1) is 0 Å². The van der Waals surface area contributed by atoms with E-state index >= 15 is 0 Å². The first-order chi connectivity index (χ1) is 12.3. The molecule has 0 unspecified atom stereocenters. The Morgan fingerprint density at radius 3 is 2.68 bits per heavy atom. The largest absolute Gasteiger partial charge is 0.443 e. The van der Waals surface area contributed by atoms with Crippen LogP contribution < -0.4 is 5.32 Å². The van der Waals surface area contributed by atoms with Crippen molar-refractivity contribution in [1.82, 2.24) is 19.6 Å². The second-order valence-corrected chi connectivity index (χ2v) is 5.63. The summed E-state index contributed by atoms with van der Waals surface area (Å²) < 4.78 is 20.6. The Balaban J connectivity index is 1.77. The number of pyridine rings is 1. The quantitative estimate of drug-likeness (QED) is 0.596. The molecule has 0 fully saturated rings. The SMILES string of the molecule is CCCNc1nnc2ccc(-c3ocnc3-c3ccc(F)cc3)cn12. The number of oxazole rings is 1. The molecule has 1 N–H and O–H groups in total. The normalized spacial score (nSPS) is 11.1. The van der Waals surface area contributed by atoms with Gasteiger partial charge in [0, 0.05) is 23.9 Å². The van der Waals surface area contributed by atoms with E-state index in [0.717, 1.165) is 29.7 Å². The minimum atomic E-state index is -0.286. The van der Waals surface area contributed by atoms with Gasteiger partial charge in [0.1, 0.15) is 11.5 Å². The fourth-order valence-corrected chi connectivity index (χ4v) is 2.65. The highest BCUT2D eigenvalue weighted by atomic mass is 19.1. The lowest BCUT2D eigenvalue weighted by molar-refractivity contribution is 0.572. The first-order valence-corrected chi connectivity index (χ1v) is 8.04. The predicted octanol–water partition coefficient (Wildman–Crippen LogP) is 4.01. The van der Waals surface area contributed by atoms with E-state index in [0.29, 0.717) is 17.4 Å². The molecule has 4 aromatic rings. The monoisotopic (exact) mass is 337 g/mol. The van der Waals surface area contributed by atoms with Gasteiger partial charge in [-0.25, -0.2) is 9.37 Å². The smallest absolute Gasteiger partial charge is 0.229 e. The molecule has 0 amide bonds. The van der Waals surface area contributed by atoms with Gasteiger partial charge >= 0.3 is 0 Å².